The number of hydrogen-bond donors (Lipinski definition) is 1. The SMILES string of the molecule is CCN(C)C(C(=O)Nc1cccc(CN(C)C(=O)OC(C)(C)C)c1)c1ccccc1. The Morgan fingerprint density at radius 1 is 1.03 bits per heavy atom. The molecule has 30 heavy (non-hydrogen) atoms. The summed E-state index contributed by atoms with van der Waals surface area (Å²) in [5.74, 6) is -0.0943. The number of ether oxygens (including phenoxy) is 1. The van der Waals surface area contributed by atoms with Gasteiger partial charge in [-0.3, -0.25) is 9.69 Å². The van der Waals surface area contributed by atoms with E-state index < -0.39 is 5.60 Å². The fraction of sp³-hybridized carbons (Fsp3) is 0.417. The van der Waals surface area contributed by atoms with Crippen molar-refractivity contribution in [2.75, 3.05) is 26.0 Å². The number of hydrogen-bond acceptors (Lipinski definition) is 4. The van der Waals surface area contributed by atoms with Crippen LogP contribution in [0.3, 0.4) is 0 Å². The average Bonchev–Trinajstić information content (AvgIpc) is 2.67. The van der Waals surface area contributed by atoms with Crippen LogP contribution >= 0.6 is 0 Å². The van der Waals surface area contributed by atoms with Crippen LogP contribution in [0.1, 0.15) is 44.9 Å². The fourth-order valence-corrected chi connectivity index (χ4v) is 3.06. The molecule has 2 rings (SSSR count). The molecule has 0 saturated carbocycles. The van der Waals surface area contributed by atoms with Crippen LogP contribution in [0.4, 0.5) is 10.5 Å². The summed E-state index contributed by atoms with van der Waals surface area (Å²) in [5, 5.41) is 3.02. The van der Waals surface area contributed by atoms with Crippen LogP contribution in [0.15, 0.2) is 54.6 Å². The molecule has 1 atom stereocenters. The maximum atomic E-state index is 13.1. The molecule has 0 aromatic heterocycles. The highest BCUT2D eigenvalue weighted by atomic mass is 16.6. The first-order valence-electron chi connectivity index (χ1n) is 10.2. The molecular weight excluding hydrogens is 378 g/mol. The Labute approximate surface area is 179 Å². The van der Waals surface area contributed by atoms with Crippen LogP contribution in [-0.4, -0.2) is 48.0 Å². The summed E-state index contributed by atoms with van der Waals surface area (Å²) in [4.78, 5) is 28.8. The Bertz CT molecular complexity index is 846. The molecule has 0 aliphatic carbocycles. The zero-order chi connectivity index (χ0) is 22.3. The van der Waals surface area contributed by atoms with Gasteiger partial charge in [-0.05, 0) is 57.6 Å². The number of carbonyl (C=O) groups excluding carboxylic acids is 2. The molecule has 6 heteroatoms. The van der Waals surface area contributed by atoms with E-state index in [1.807, 2.05) is 94.2 Å². The topological polar surface area (TPSA) is 61.9 Å². The molecule has 0 saturated heterocycles. The number of anilines is 1. The lowest BCUT2D eigenvalue weighted by molar-refractivity contribution is -0.121. The van der Waals surface area contributed by atoms with Gasteiger partial charge < -0.3 is 15.0 Å². The monoisotopic (exact) mass is 411 g/mol. The Morgan fingerprint density at radius 3 is 2.30 bits per heavy atom. The van der Waals surface area contributed by atoms with E-state index in [9.17, 15) is 9.59 Å². The third-order valence-electron chi connectivity index (χ3n) is 4.62. The van der Waals surface area contributed by atoms with Crippen LogP contribution in [0.2, 0.25) is 0 Å². The molecule has 0 bridgehead atoms. The molecule has 1 N–H and O–H groups in total. The van der Waals surface area contributed by atoms with Crippen molar-refractivity contribution >= 4 is 17.7 Å². The van der Waals surface area contributed by atoms with Crippen molar-refractivity contribution in [1.29, 1.82) is 0 Å². The smallest absolute Gasteiger partial charge is 0.410 e. The van der Waals surface area contributed by atoms with Crippen molar-refractivity contribution in [3.8, 4) is 0 Å². The Kier molecular flexibility index (Phi) is 8.00. The highest BCUT2D eigenvalue weighted by Gasteiger charge is 2.24. The number of nitrogens with zero attached hydrogens (tertiary/aromatic N) is 2. The number of rotatable bonds is 7. The largest absolute Gasteiger partial charge is 0.444 e. The molecule has 6 nitrogen and oxygen atoms in total. The Hall–Kier alpha value is -2.86. The number of nitrogens with one attached hydrogen (secondary N) is 1. The summed E-state index contributed by atoms with van der Waals surface area (Å²) < 4.78 is 5.40. The lowest BCUT2D eigenvalue weighted by Gasteiger charge is -2.26. The predicted molar refractivity (Wildman–Crippen MR) is 120 cm³/mol. The van der Waals surface area contributed by atoms with E-state index in [1.165, 1.54) is 4.90 Å². The lowest BCUT2D eigenvalue weighted by atomic mass is 10.0. The van der Waals surface area contributed by atoms with Gasteiger partial charge in [0, 0.05) is 19.3 Å². The molecule has 0 radical (unpaired) electrons. The van der Waals surface area contributed by atoms with Crippen molar-refractivity contribution in [2.24, 2.45) is 0 Å². The van der Waals surface area contributed by atoms with Gasteiger partial charge in [-0.15, -0.1) is 0 Å². The zero-order valence-electron chi connectivity index (χ0n) is 18.8. The van der Waals surface area contributed by atoms with Gasteiger partial charge >= 0.3 is 6.09 Å². The Morgan fingerprint density at radius 2 is 1.70 bits per heavy atom. The standard InChI is InChI=1S/C24H33N3O3/c1-7-26(5)21(19-13-9-8-10-14-19)22(28)25-20-15-11-12-18(16-20)17-27(6)23(29)30-24(2,3)4/h8-16,21H,7,17H2,1-6H3,(H,25,28). The van der Waals surface area contributed by atoms with Crippen molar-refractivity contribution < 1.29 is 14.3 Å². The first-order chi connectivity index (χ1) is 14.1. The minimum absolute atomic E-state index is 0.0943. The quantitative estimate of drug-likeness (QED) is 0.718. The van der Waals surface area contributed by atoms with Crippen molar-refractivity contribution in [2.45, 2.75) is 45.9 Å². The third kappa shape index (κ3) is 6.88. The van der Waals surface area contributed by atoms with E-state index >= 15 is 0 Å². The van der Waals surface area contributed by atoms with Gasteiger partial charge in [-0.25, -0.2) is 4.79 Å². The first-order valence-corrected chi connectivity index (χ1v) is 10.2. The molecule has 0 fully saturated rings. The van der Waals surface area contributed by atoms with Gasteiger partial charge in [-0.1, -0.05) is 49.4 Å². The number of carbonyl (C=O) groups is 2. The molecular formula is C24H33N3O3. The normalized spacial score (nSPS) is 12.4. The summed E-state index contributed by atoms with van der Waals surface area (Å²) in [6, 6.07) is 16.9. The van der Waals surface area contributed by atoms with Gasteiger partial charge in [0.2, 0.25) is 5.91 Å². The molecule has 162 valence electrons. The van der Waals surface area contributed by atoms with E-state index in [0.29, 0.717) is 12.2 Å². The molecule has 0 aliphatic heterocycles. The summed E-state index contributed by atoms with van der Waals surface area (Å²) >= 11 is 0. The minimum Gasteiger partial charge on any atom is -0.444 e. The van der Waals surface area contributed by atoms with Crippen LogP contribution in [-0.2, 0) is 16.1 Å². The van der Waals surface area contributed by atoms with Gasteiger partial charge in [-0.2, -0.15) is 0 Å². The van der Waals surface area contributed by atoms with E-state index in [-0.39, 0.29) is 18.0 Å². The van der Waals surface area contributed by atoms with Crippen LogP contribution < -0.4 is 5.32 Å². The highest BCUT2D eigenvalue weighted by Crippen LogP contribution is 2.22. The molecule has 2 aromatic rings. The van der Waals surface area contributed by atoms with Gasteiger partial charge in [0.05, 0.1) is 0 Å². The van der Waals surface area contributed by atoms with Crippen molar-refractivity contribution in [3.05, 3.63) is 65.7 Å². The van der Waals surface area contributed by atoms with Crippen LogP contribution in [0, 0.1) is 0 Å². The second-order valence-corrected chi connectivity index (χ2v) is 8.41. The first kappa shape index (κ1) is 23.4. The summed E-state index contributed by atoms with van der Waals surface area (Å²) in [5.41, 5.74) is 2.00. The third-order valence-corrected chi connectivity index (χ3v) is 4.62. The second kappa shape index (κ2) is 10.3. The van der Waals surface area contributed by atoms with E-state index in [1.54, 1.807) is 7.05 Å². The molecule has 2 aromatic carbocycles. The second-order valence-electron chi connectivity index (χ2n) is 8.41. The lowest BCUT2D eigenvalue weighted by Crippen LogP contribution is -2.34. The number of likely N-dealkylation sites (N-methyl/N-ethyl adjacent to an activating group) is 1. The predicted octanol–water partition coefficient (Wildman–Crippen LogP) is 4.69. The van der Waals surface area contributed by atoms with Crippen LogP contribution in [0.5, 0.6) is 0 Å². The average molecular weight is 412 g/mol. The van der Waals surface area contributed by atoms with Gasteiger partial charge in [0.15, 0.2) is 0 Å². The van der Waals surface area contributed by atoms with Gasteiger partial charge in [0.1, 0.15) is 11.6 Å². The van der Waals surface area contributed by atoms with E-state index in [0.717, 1.165) is 17.7 Å². The van der Waals surface area contributed by atoms with E-state index in [2.05, 4.69) is 5.32 Å². The highest BCUT2D eigenvalue weighted by molar-refractivity contribution is 5.95. The molecule has 2 amide bonds. The number of amides is 2. The van der Waals surface area contributed by atoms with Crippen molar-refractivity contribution in [1.82, 2.24) is 9.80 Å². The molecule has 0 aliphatic rings. The number of benzene rings is 2. The zero-order valence-corrected chi connectivity index (χ0v) is 18.8. The summed E-state index contributed by atoms with van der Waals surface area (Å²) in [7, 11) is 3.63. The minimum atomic E-state index is -0.543. The molecule has 0 heterocycles. The van der Waals surface area contributed by atoms with Crippen LogP contribution in [0.25, 0.3) is 0 Å². The van der Waals surface area contributed by atoms with Crippen molar-refractivity contribution in [3.63, 3.8) is 0 Å². The van der Waals surface area contributed by atoms with E-state index in [4.69, 9.17) is 4.74 Å². The maximum absolute atomic E-state index is 13.1. The van der Waals surface area contributed by atoms with Gasteiger partial charge in [0.25, 0.3) is 0 Å². The Balaban J connectivity index is 2.11. The maximum Gasteiger partial charge on any atom is 0.410 e. The molecule has 0 spiro atoms. The summed E-state index contributed by atoms with van der Waals surface area (Å²) in [6.45, 7) is 8.67. The summed E-state index contributed by atoms with van der Waals surface area (Å²) in [6.07, 6.45) is -0.384. The molecule has 1 unspecified atom stereocenters. The fourth-order valence-electron chi connectivity index (χ4n) is 3.06.